The molecule has 2 aliphatic rings. The van der Waals surface area contributed by atoms with Gasteiger partial charge in [-0.2, -0.15) is 18.2 Å². The van der Waals surface area contributed by atoms with Crippen LogP contribution >= 0.6 is 24.0 Å². The molecule has 0 saturated carbocycles. The fraction of sp³-hybridized carbons (Fsp3) is 0.333. The number of carbonyl (C=O) groups is 1. The van der Waals surface area contributed by atoms with Crippen LogP contribution in [0.4, 0.5) is 30.2 Å². The third-order valence-electron chi connectivity index (χ3n) is 7.29. The number of nitrogens with zero attached hydrogens (tertiary/aromatic N) is 4. The third-order valence-corrected chi connectivity index (χ3v) is 8.51. The van der Waals surface area contributed by atoms with Gasteiger partial charge in [0.1, 0.15) is 0 Å². The van der Waals surface area contributed by atoms with Crippen molar-refractivity contribution in [2.75, 3.05) is 50.7 Å². The zero-order chi connectivity index (χ0) is 28.1. The molecule has 10 heteroatoms. The number of anilines is 2. The molecule has 5 nitrogen and oxygen atoms in total. The Balaban J connectivity index is 1.12. The largest absolute Gasteiger partial charge is 0.416 e. The molecule has 0 spiro atoms. The quantitative estimate of drug-likeness (QED) is 0.150. The Morgan fingerprint density at radius 1 is 0.875 bits per heavy atom. The number of carbonyl (C=O) groups excluding carboxylic acids is 1. The lowest BCUT2D eigenvalue weighted by Gasteiger charge is -2.36. The van der Waals surface area contributed by atoms with Gasteiger partial charge in [0, 0.05) is 61.0 Å². The van der Waals surface area contributed by atoms with Crippen LogP contribution in [0.15, 0.2) is 81.5 Å². The van der Waals surface area contributed by atoms with Gasteiger partial charge in [-0.3, -0.25) is 4.79 Å². The molecule has 0 atom stereocenters. The lowest BCUT2D eigenvalue weighted by atomic mass is 10.1. The van der Waals surface area contributed by atoms with Gasteiger partial charge in [-0.1, -0.05) is 23.9 Å². The minimum Gasteiger partial charge on any atom is -0.340 e. The summed E-state index contributed by atoms with van der Waals surface area (Å²) in [5.74, 6) is 0.106. The number of rotatable bonds is 9. The molecule has 0 N–H and O–H groups in total. The highest BCUT2D eigenvalue weighted by atomic mass is 32.2. The van der Waals surface area contributed by atoms with Gasteiger partial charge < -0.3 is 14.7 Å². The average molecular weight is 583 g/mol. The number of thiocarbonyl (C=S) groups is 1. The van der Waals surface area contributed by atoms with E-state index in [1.807, 2.05) is 29.2 Å². The van der Waals surface area contributed by atoms with E-state index in [9.17, 15) is 18.0 Å². The minimum atomic E-state index is -4.38. The monoisotopic (exact) mass is 582 g/mol. The number of ketones is 1. The van der Waals surface area contributed by atoms with Gasteiger partial charge in [0.2, 0.25) is 0 Å². The molecule has 3 aromatic rings. The van der Waals surface area contributed by atoms with Crippen molar-refractivity contribution in [3.05, 3.63) is 77.9 Å². The molecule has 0 unspecified atom stereocenters. The zero-order valence-corrected chi connectivity index (χ0v) is 23.5. The number of hydrogen-bond acceptors (Lipinski definition) is 7. The van der Waals surface area contributed by atoms with Crippen molar-refractivity contribution in [2.24, 2.45) is 4.99 Å². The highest BCUT2D eigenvalue weighted by Crippen LogP contribution is 2.49. The fourth-order valence-corrected chi connectivity index (χ4v) is 6.30. The first-order valence-electron chi connectivity index (χ1n) is 13.2. The number of benzene rings is 3. The first-order valence-corrected chi connectivity index (χ1v) is 14.5. The number of hydrogen-bond donors (Lipinski definition) is 0. The van der Waals surface area contributed by atoms with Gasteiger partial charge >= 0.3 is 6.18 Å². The van der Waals surface area contributed by atoms with Crippen molar-refractivity contribution in [1.82, 2.24) is 9.80 Å². The first-order chi connectivity index (χ1) is 19.3. The molecule has 2 heterocycles. The van der Waals surface area contributed by atoms with Crippen molar-refractivity contribution in [1.29, 1.82) is 0 Å². The Labute approximate surface area is 241 Å². The summed E-state index contributed by atoms with van der Waals surface area (Å²) < 4.78 is 40.4. The van der Waals surface area contributed by atoms with E-state index in [1.165, 1.54) is 23.9 Å². The summed E-state index contributed by atoms with van der Waals surface area (Å²) in [6.45, 7) is 5.79. The van der Waals surface area contributed by atoms with Gasteiger partial charge in [0.05, 0.1) is 27.8 Å². The summed E-state index contributed by atoms with van der Waals surface area (Å²) in [5, 5.41) is 2.32. The van der Waals surface area contributed by atoms with Gasteiger partial charge in [-0.15, -0.1) is 0 Å². The fourth-order valence-electron chi connectivity index (χ4n) is 5.11. The van der Waals surface area contributed by atoms with Gasteiger partial charge in [-0.25, -0.2) is 0 Å². The van der Waals surface area contributed by atoms with Crippen molar-refractivity contribution < 1.29 is 18.0 Å². The topological polar surface area (TPSA) is 39.2 Å². The minimum absolute atomic E-state index is 0.106. The summed E-state index contributed by atoms with van der Waals surface area (Å²) in [7, 11) is 0. The van der Waals surface area contributed by atoms with Crippen molar-refractivity contribution in [2.45, 2.75) is 28.8 Å². The van der Waals surface area contributed by atoms with Crippen LogP contribution in [0.1, 0.15) is 28.8 Å². The predicted molar refractivity (Wildman–Crippen MR) is 157 cm³/mol. The molecule has 0 radical (unpaired) electrons. The zero-order valence-electron chi connectivity index (χ0n) is 21.9. The SMILES string of the molecule is O=C(CCN1CCN(CCCN2c3ccccc3Sc3ccc(C(F)(F)F)cc32)CC1)c1ccc(N=C=S)cc1. The second-order valence-corrected chi connectivity index (χ2v) is 11.1. The Morgan fingerprint density at radius 3 is 2.25 bits per heavy atom. The molecule has 1 fully saturated rings. The van der Waals surface area contributed by atoms with Crippen LogP contribution in [0.2, 0.25) is 0 Å². The van der Waals surface area contributed by atoms with E-state index < -0.39 is 11.7 Å². The number of piperazine rings is 1. The van der Waals surface area contributed by atoms with Crippen LogP contribution in [0, 0.1) is 0 Å². The third kappa shape index (κ3) is 6.82. The molecule has 2 aliphatic heterocycles. The summed E-state index contributed by atoms with van der Waals surface area (Å²) in [4.78, 5) is 25.1. The Hall–Kier alpha value is -3.01. The van der Waals surface area contributed by atoms with Crippen molar-refractivity contribution in [3.63, 3.8) is 0 Å². The van der Waals surface area contributed by atoms with Crippen LogP contribution in [0.3, 0.4) is 0 Å². The van der Waals surface area contributed by atoms with E-state index in [2.05, 4.69) is 32.2 Å². The van der Waals surface area contributed by atoms with Crippen LogP contribution in [-0.4, -0.2) is 66.6 Å². The summed E-state index contributed by atoms with van der Waals surface area (Å²) in [6, 6.07) is 19.0. The normalized spacial score (nSPS) is 15.7. The number of para-hydroxylation sites is 1. The van der Waals surface area contributed by atoms with Gasteiger partial charge in [0.15, 0.2) is 5.78 Å². The van der Waals surface area contributed by atoms with E-state index in [1.54, 1.807) is 30.3 Å². The standard InChI is InChI=1S/C30H29F3N4OS2/c31-30(32,33)23-8-11-29-26(20-23)37(25-4-1-2-5-28(25)40-29)14-3-13-35-16-18-36(19-17-35)15-12-27(38)22-6-9-24(10-7-22)34-21-39/h1-2,4-11,20H,3,12-19H2. The Kier molecular flexibility index (Phi) is 9.03. The first kappa shape index (κ1) is 28.5. The molecule has 0 bridgehead atoms. The van der Waals surface area contributed by atoms with E-state index in [-0.39, 0.29) is 5.78 Å². The second-order valence-electron chi connectivity index (χ2n) is 9.86. The van der Waals surface area contributed by atoms with Gasteiger partial charge in [0.25, 0.3) is 0 Å². The Morgan fingerprint density at radius 2 is 1.55 bits per heavy atom. The lowest BCUT2D eigenvalue weighted by Crippen LogP contribution is -2.47. The van der Waals surface area contributed by atoms with E-state index in [0.717, 1.165) is 54.6 Å². The number of halogens is 3. The average Bonchev–Trinajstić information content (AvgIpc) is 2.96. The van der Waals surface area contributed by atoms with E-state index in [0.29, 0.717) is 36.4 Å². The Bertz CT molecular complexity index is 1400. The van der Waals surface area contributed by atoms with Crippen LogP contribution in [0.25, 0.3) is 0 Å². The number of isothiocyanates is 1. The second kappa shape index (κ2) is 12.7. The maximum Gasteiger partial charge on any atom is 0.416 e. The molecule has 208 valence electrons. The van der Waals surface area contributed by atoms with E-state index >= 15 is 0 Å². The highest BCUT2D eigenvalue weighted by molar-refractivity contribution is 7.99. The molecule has 40 heavy (non-hydrogen) atoms. The molecule has 0 aliphatic carbocycles. The van der Waals surface area contributed by atoms with Crippen molar-refractivity contribution in [3.8, 4) is 0 Å². The van der Waals surface area contributed by atoms with Crippen LogP contribution < -0.4 is 4.90 Å². The van der Waals surface area contributed by atoms with E-state index in [4.69, 9.17) is 0 Å². The van der Waals surface area contributed by atoms with Crippen LogP contribution in [0.5, 0.6) is 0 Å². The lowest BCUT2D eigenvalue weighted by molar-refractivity contribution is -0.137. The van der Waals surface area contributed by atoms with Crippen molar-refractivity contribution >= 4 is 52.0 Å². The molecule has 5 rings (SSSR count). The predicted octanol–water partition coefficient (Wildman–Crippen LogP) is 7.32. The molecular formula is C30H29F3N4OS2. The number of Topliss-reactive ketones (excluding diaryl/α,β-unsaturated/α-hetero) is 1. The molecule has 1 saturated heterocycles. The van der Waals surface area contributed by atoms with Crippen LogP contribution in [-0.2, 0) is 6.18 Å². The molecule has 3 aromatic carbocycles. The maximum atomic E-state index is 13.5. The number of alkyl halides is 3. The summed E-state index contributed by atoms with van der Waals surface area (Å²) in [6.07, 6.45) is -3.09. The molecule has 0 amide bonds. The summed E-state index contributed by atoms with van der Waals surface area (Å²) >= 11 is 6.12. The highest BCUT2D eigenvalue weighted by Gasteiger charge is 2.33. The number of aliphatic imine (C=N–C) groups is 1. The van der Waals surface area contributed by atoms with Gasteiger partial charge in [-0.05, 0) is 79.8 Å². The number of fused-ring (bicyclic) bond motifs is 2. The maximum absolute atomic E-state index is 13.5. The summed E-state index contributed by atoms with van der Waals surface area (Å²) in [5.41, 5.74) is 2.30. The smallest absolute Gasteiger partial charge is 0.340 e. The molecular weight excluding hydrogens is 553 g/mol. The molecule has 0 aromatic heterocycles.